The molecule has 0 bridgehead atoms. The fraction of sp³-hybridized carbons (Fsp3) is 0. The van der Waals surface area contributed by atoms with Gasteiger partial charge in [-0.05, 0) is 73.1 Å². The van der Waals surface area contributed by atoms with Crippen LogP contribution in [-0.2, 0) is 0 Å². The van der Waals surface area contributed by atoms with Crippen molar-refractivity contribution >= 4 is 43.5 Å². The van der Waals surface area contributed by atoms with E-state index in [1.165, 1.54) is 0 Å². The van der Waals surface area contributed by atoms with Gasteiger partial charge in [0.2, 0.25) is 0 Å². The van der Waals surface area contributed by atoms with E-state index in [-0.39, 0.29) is 24.2 Å². The summed E-state index contributed by atoms with van der Waals surface area (Å²) >= 11 is 0. The third-order valence-electron chi connectivity index (χ3n) is 7.54. The Labute approximate surface area is 232 Å². The number of para-hydroxylation sites is 1. The van der Waals surface area contributed by atoms with Crippen molar-refractivity contribution in [1.82, 2.24) is 0 Å². The van der Waals surface area contributed by atoms with Crippen LogP contribution in [0, 0.1) is 0 Å². The molecule has 39 heavy (non-hydrogen) atoms. The van der Waals surface area contributed by atoms with E-state index in [2.05, 4.69) is 36.4 Å². The minimum atomic E-state index is -0.0494. The summed E-state index contributed by atoms with van der Waals surface area (Å²) in [4.78, 5) is 0. The molecule has 0 aliphatic carbocycles. The van der Waals surface area contributed by atoms with Crippen LogP contribution in [0.4, 0.5) is 0 Å². The minimum absolute atomic E-state index is 0.0465. The zero-order valence-electron chi connectivity index (χ0n) is 25.0. The smallest absolute Gasteiger partial charge is 0.136 e. The molecule has 0 spiro atoms. The summed E-state index contributed by atoms with van der Waals surface area (Å²) in [5, 5.41) is 5.82. The predicted octanol–water partition coefficient (Wildman–Crippen LogP) is 10.9. The van der Waals surface area contributed by atoms with E-state index in [4.69, 9.17) is 9.90 Å². The molecule has 0 aliphatic rings. The Balaban J connectivity index is 1.46. The van der Waals surface area contributed by atoms with Crippen LogP contribution < -0.4 is 0 Å². The first-order valence-corrected chi connectivity index (χ1v) is 13.0. The molecule has 0 atom stereocenters. The summed E-state index contributed by atoms with van der Waals surface area (Å²) in [6.45, 7) is 0. The summed E-state index contributed by atoms with van der Waals surface area (Å²) in [6.07, 6.45) is 0. The molecule has 0 amide bonds. The van der Waals surface area contributed by atoms with Gasteiger partial charge in [-0.15, -0.1) is 0 Å². The molecule has 0 fully saturated rings. The van der Waals surface area contributed by atoms with Gasteiger partial charge in [0.05, 0.1) is 5.48 Å². The Bertz CT molecular complexity index is 2300. The molecular weight excluding hydrogens is 472 g/mol. The van der Waals surface area contributed by atoms with Crippen LogP contribution in [0.1, 0.15) is 5.48 Å². The van der Waals surface area contributed by atoms with Gasteiger partial charge >= 0.3 is 0 Å². The normalized spacial score (nSPS) is 13.0. The van der Waals surface area contributed by atoms with Crippen molar-refractivity contribution in [2.24, 2.45) is 0 Å². The molecule has 1 heterocycles. The Morgan fingerprint density at radius 3 is 1.49 bits per heavy atom. The molecular formula is C38H24O. The predicted molar refractivity (Wildman–Crippen MR) is 165 cm³/mol. The topological polar surface area (TPSA) is 13.1 Å². The fourth-order valence-electron chi connectivity index (χ4n) is 5.78. The Kier molecular flexibility index (Phi) is 4.06. The molecule has 0 radical (unpaired) electrons. The molecule has 1 heteroatoms. The molecule has 8 aromatic rings. The lowest BCUT2D eigenvalue weighted by Crippen LogP contribution is -1.91. The highest BCUT2D eigenvalue weighted by molar-refractivity contribution is 6.22. The largest absolute Gasteiger partial charge is 0.456 e. The summed E-state index contributed by atoms with van der Waals surface area (Å²) in [7, 11) is 0. The second kappa shape index (κ2) is 8.72. The minimum Gasteiger partial charge on any atom is -0.456 e. The molecule has 182 valence electrons. The van der Waals surface area contributed by atoms with Gasteiger partial charge in [-0.2, -0.15) is 0 Å². The van der Waals surface area contributed by atoms with E-state index in [1.54, 1.807) is 0 Å². The maximum Gasteiger partial charge on any atom is 0.136 e. The number of hydrogen-bond donors (Lipinski definition) is 0. The van der Waals surface area contributed by atoms with Gasteiger partial charge in [0.15, 0.2) is 0 Å². The van der Waals surface area contributed by atoms with Crippen molar-refractivity contribution in [2.75, 3.05) is 0 Å². The average molecular weight is 501 g/mol. The third-order valence-corrected chi connectivity index (χ3v) is 7.54. The van der Waals surface area contributed by atoms with Crippen molar-refractivity contribution in [2.45, 2.75) is 0 Å². The molecule has 1 aromatic heterocycles. The Morgan fingerprint density at radius 1 is 0.359 bits per heavy atom. The van der Waals surface area contributed by atoms with Crippen LogP contribution in [0.5, 0.6) is 0 Å². The van der Waals surface area contributed by atoms with Crippen LogP contribution in [0.2, 0.25) is 0 Å². The first-order valence-electron chi connectivity index (χ1n) is 15.0. The molecule has 1 nitrogen and oxygen atoms in total. The lowest BCUT2D eigenvalue weighted by molar-refractivity contribution is 0.669. The van der Waals surface area contributed by atoms with Crippen molar-refractivity contribution in [3.8, 4) is 33.4 Å². The van der Waals surface area contributed by atoms with Gasteiger partial charge in [-0.1, -0.05) is 127 Å². The van der Waals surface area contributed by atoms with E-state index in [1.807, 2.05) is 84.9 Å². The molecule has 8 rings (SSSR count). The van der Waals surface area contributed by atoms with E-state index in [9.17, 15) is 0 Å². The standard InChI is InChI=1S/C38H24O/c1-2-10-25(11-3-1)26-18-20-27(21-19-26)37-31-13-4-6-15-33(31)38(34-16-7-5-14-32(34)37)28-22-23-30-29-12-8-9-17-35(29)39-36(30)24-28/h1-24H/i18D,19D,20D,21D. The summed E-state index contributed by atoms with van der Waals surface area (Å²) in [5.41, 5.74) is 5.69. The second-order valence-electron chi connectivity index (χ2n) is 9.77. The monoisotopic (exact) mass is 500 g/mol. The first kappa shape index (κ1) is 18.2. The first-order chi connectivity index (χ1) is 21.0. The molecule has 0 unspecified atom stereocenters. The highest BCUT2D eigenvalue weighted by atomic mass is 16.3. The second-order valence-corrected chi connectivity index (χ2v) is 9.77. The van der Waals surface area contributed by atoms with Gasteiger partial charge < -0.3 is 4.42 Å². The van der Waals surface area contributed by atoms with E-state index in [0.717, 1.165) is 54.6 Å². The lowest BCUT2D eigenvalue weighted by Gasteiger charge is -2.18. The molecule has 7 aromatic carbocycles. The molecule has 0 saturated heterocycles. The van der Waals surface area contributed by atoms with Crippen LogP contribution in [0.25, 0.3) is 76.9 Å². The number of benzene rings is 7. The molecule has 0 N–H and O–H groups in total. The average Bonchev–Trinajstić information content (AvgIpc) is 3.42. The highest BCUT2D eigenvalue weighted by Crippen LogP contribution is 2.44. The quantitative estimate of drug-likeness (QED) is 0.220. The maximum absolute atomic E-state index is 9.17. The van der Waals surface area contributed by atoms with Gasteiger partial charge in [0.1, 0.15) is 11.2 Å². The van der Waals surface area contributed by atoms with E-state index >= 15 is 0 Å². The lowest BCUT2D eigenvalue weighted by atomic mass is 9.85. The van der Waals surface area contributed by atoms with Crippen LogP contribution in [-0.4, -0.2) is 0 Å². The van der Waals surface area contributed by atoms with Crippen molar-refractivity contribution in [1.29, 1.82) is 0 Å². The van der Waals surface area contributed by atoms with Crippen LogP contribution in [0.15, 0.2) is 150 Å². The maximum atomic E-state index is 9.17. The molecule has 0 saturated carbocycles. The van der Waals surface area contributed by atoms with Crippen molar-refractivity contribution in [3.63, 3.8) is 0 Å². The SMILES string of the molecule is [2H]c1c([2H])c(-c2c3ccccc3c(-c3ccc4c(c3)oc3ccccc34)c3ccccc23)c([2H])c([2H])c1-c1ccccc1. The van der Waals surface area contributed by atoms with Crippen molar-refractivity contribution in [3.05, 3.63) is 145 Å². The number of hydrogen-bond acceptors (Lipinski definition) is 1. The molecule has 0 aliphatic heterocycles. The summed E-state index contributed by atoms with van der Waals surface area (Å²) in [5.74, 6) is 0. The highest BCUT2D eigenvalue weighted by Gasteiger charge is 2.17. The van der Waals surface area contributed by atoms with Gasteiger partial charge in [0.25, 0.3) is 0 Å². The Hall–Kier alpha value is -5.14. The number of fused-ring (bicyclic) bond motifs is 5. The van der Waals surface area contributed by atoms with Gasteiger partial charge in [0, 0.05) is 10.8 Å². The Morgan fingerprint density at radius 2 is 0.846 bits per heavy atom. The van der Waals surface area contributed by atoms with Crippen LogP contribution >= 0.6 is 0 Å². The fourth-order valence-corrected chi connectivity index (χ4v) is 5.78. The number of rotatable bonds is 3. The van der Waals surface area contributed by atoms with E-state index in [0.29, 0.717) is 22.3 Å². The van der Waals surface area contributed by atoms with Gasteiger partial charge in [-0.25, -0.2) is 0 Å². The third kappa shape index (κ3) is 3.48. The van der Waals surface area contributed by atoms with Crippen molar-refractivity contribution < 1.29 is 9.90 Å². The van der Waals surface area contributed by atoms with Crippen LogP contribution in [0.3, 0.4) is 0 Å². The number of furan rings is 1. The summed E-state index contributed by atoms with van der Waals surface area (Å²) in [6, 6.07) is 39.5. The summed E-state index contributed by atoms with van der Waals surface area (Å²) < 4.78 is 42.5. The van der Waals surface area contributed by atoms with Gasteiger partial charge in [-0.3, -0.25) is 0 Å². The zero-order valence-corrected chi connectivity index (χ0v) is 21.0. The van der Waals surface area contributed by atoms with E-state index < -0.39 is 0 Å². The zero-order chi connectivity index (χ0) is 29.2.